The van der Waals surface area contributed by atoms with Crippen molar-refractivity contribution >= 4 is 22.4 Å². The van der Waals surface area contributed by atoms with Gasteiger partial charge in [-0.25, -0.2) is 0 Å². The second kappa shape index (κ2) is 6.15. The number of hydrogen-bond donors (Lipinski definition) is 0. The smallest absolute Gasteiger partial charge is 0.132 e. The van der Waals surface area contributed by atoms with E-state index in [-0.39, 0.29) is 0 Å². The van der Waals surface area contributed by atoms with E-state index in [4.69, 9.17) is 0 Å². The second-order valence-electron chi connectivity index (χ2n) is 6.38. The van der Waals surface area contributed by atoms with Gasteiger partial charge in [-0.2, -0.15) is 0 Å². The molecule has 1 saturated carbocycles. The molecule has 3 rings (SSSR count). The van der Waals surface area contributed by atoms with Crippen molar-refractivity contribution in [1.29, 1.82) is 0 Å². The van der Waals surface area contributed by atoms with Crippen LogP contribution in [0.2, 0.25) is 0 Å². The van der Waals surface area contributed by atoms with Crippen LogP contribution >= 0.6 is 0 Å². The molecule has 1 aliphatic carbocycles. The molecule has 22 heavy (non-hydrogen) atoms. The van der Waals surface area contributed by atoms with Gasteiger partial charge in [0.05, 0.1) is 0 Å². The van der Waals surface area contributed by atoms with Crippen LogP contribution in [0.4, 0.5) is 5.69 Å². The van der Waals surface area contributed by atoms with Crippen molar-refractivity contribution in [1.82, 2.24) is 4.57 Å². The summed E-state index contributed by atoms with van der Waals surface area (Å²) in [6, 6.07) is 6.80. The van der Waals surface area contributed by atoms with E-state index in [1.165, 1.54) is 22.2 Å². The minimum Gasteiger partial charge on any atom is -0.372 e. The summed E-state index contributed by atoms with van der Waals surface area (Å²) in [5.74, 6) is 0.966. The van der Waals surface area contributed by atoms with E-state index in [9.17, 15) is 4.79 Å². The fourth-order valence-corrected chi connectivity index (χ4v) is 3.77. The lowest BCUT2D eigenvalue weighted by Gasteiger charge is -2.23. The summed E-state index contributed by atoms with van der Waals surface area (Å²) in [7, 11) is 2.12. The van der Waals surface area contributed by atoms with Crippen LogP contribution in [0.1, 0.15) is 51.0 Å². The molecule has 118 valence electrons. The van der Waals surface area contributed by atoms with E-state index in [0.717, 1.165) is 38.8 Å². The predicted molar refractivity (Wildman–Crippen MR) is 92.7 cm³/mol. The van der Waals surface area contributed by atoms with Gasteiger partial charge in [0.25, 0.3) is 0 Å². The number of Topliss-reactive ketones (excluding diaryl/α,β-unsaturated/α-hetero) is 1. The molecule has 0 spiro atoms. The van der Waals surface area contributed by atoms with Gasteiger partial charge >= 0.3 is 0 Å². The van der Waals surface area contributed by atoms with Crippen molar-refractivity contribution in [3.05, 3.63) is 30.0 Å². The summed E-state index contributed by atoms with van der Waals surface area (Å²) >= 11 is 0. The highest BCUT2D eigenvalue weighted by Crippen LogP contribution is 2.37. The third-order valence-electron chi connectivity index (χ3n) is 5.12. The van der Waals surface area contributed by atoms with Crippen molar-refractivity contribution < 1.29 is 4.79 Å². The number of carbonyl (C=O) groups is 1. The molecule has 0 atom stereocenters. The van der Waals surface area contributed by atoms with Crippen LogP contribution in [0.15, 0.2) is 24.4 Å². The topological polar surface area (TPSA) is 25.2 Å². The fourth-order valence-electron chi connectivity index (χ4n) is 3.77. The first-order valence-corrected chi connectivity index (χ1v) is 8.49. The molecule has 3 heteroatoms. The second-order valence-corrected chi connectivity index (χ2v) is 6.38. The molecule has 0 unspecified atom stereocenters. The molecule has 1 heterocycles. The first kappa shape index (κ1) is 15.1. The Hall–Kier alpha value is -1.77. The van der Waals surface area contributed by atoms with Crippen LogP contribution in [-0.4, -0.2) is 23.4 Å². The lowest BCUT2D eigenvalue weighted by atomic mass is 9.83. The zero-order valence-electron chi connectivity index (χ0n) is 13.9. The molecular formula is C19H26N2O. The van der Waals surface area contributed by atoms with Crippen LogP contribution in [0.5, 0.6) is 0 Å². The molecule has 0 amide bonds. The molecule has 1 aromatic heterocycles. The molecule has 1 aliphatic rings. The average Bonchev–Trinajstić information content (AvgIpc) is 2.86. The third-order valence-corrected chi connectivity index (χ3v) is 5.12. The number of carbonyl (C=O) groups excluding carboxylic acids is 1. The minimum atomic E-state index is 0.431. The van der Waals surface area contributed by atoms with E-state index in [1.54, 1.807) is 0 Å². The lowest BCUT2D eigenvalue weighted by molar-refractivity contribution is -0.120. The summed E-state index contributed by atoms with van der Waals surface area (Å²) in [5, 5.41) is 1.37. The Morgan fingerprint density at radius 1 is 1.18 bits per heavy atom. The molecule has 0 N–H and O–H groups in total. The van der Waals surface area contributed by atoms with Crippen molar-refractivity contribution in [3.63, 3.8) is 0 Å². The van der Waals surface area contributed by atoms with Gasteiger partial charge in [-0.05, 0) is 56.4 Å². The summed E-state index contributed by atoms with van der Waals surface area (Å²) in [4.78, 5) is 13.9. The summed E-state index contributed by atoms with van der Waals surface area (Å²) in [5.41, 5.74) is 4.03. The Morgan fingerprint density at radius 3 is 2.50 bits per heavy atom. The van der Waals surface area contributed by atoms with Crippen LogP contribution < -0.4 is 4.90 Å². The molecule has 0 aliphatic heterocycles. The van der Waals surface area contributed by atoms with E-state index in [0.29, 0.717) is 11.7 Å². The van der Waals surface area contributed by atoms with Crippen molar-refractivity contribution in [3.8, 4) is 0 Å². The maximum absolute atomic E-state index is 11.5. The van der Waals surface area contributed by atoms with Gasteiger partial charge in [0.2, 0.25) is 0 Å². The largest absolute Gasteiger partial charge is 0.372 e. The van der Waals surface area contributed by atoms with Gasteiger partial charge in [0.1, 0.15) is 5.78 Å². The van der Waals surface area contributed by atoms with Gasteiger partial charge < -0.3 is 9.47 Å². The molecule has 0 bridgehead atoms. The first-order chi connectivity index (χ1) is 10.6. The first-order valence-electron chi connectivity index (χ1n) is 8.49. The number of fused-ring (bicyclic) bond motifs is 1. The zero-order chi connectivity index (χ0) is 15.7. The van der Waals surface area contributed by atoms with Gasteiger partial charge in [-0.3, -0.25) is 4.79 Å². The van der Waals surface area contributed by atoms with Crippen molar-refractivity contribution in [2.45, 2.75) is 45.4 Å². The van der Waals surface area contributed by atoms with Crippen LogP contribution in [-0.2, 0) is 11.8 Å². The summed E-state index contributed by atoms with van der Waals surface area (Å²) in [6.45, 7) is 6.46. The van der Waals surface area contributed by atoms with Gasteiger partial charge in [-0.1, -0.05) is 0 Å². The standard InChI is InChI=1S/C19H26N2O/c1-4-21(5-2)15-8-11-19-17(12-15)18(13-20(19)3)14-6-9-16(22)10-7-14/h8,11-14H,4-7,9-10H2,1-3H3. The molecule has 3 nitrogen and oxygen atoms in total. The predicted octanol–water partition coefficient (Wildman–Crippen LogP) is 4.25. The van der Waals surface area contributed by atoms with E-state index >= 15 is 0 Å². The third kappa shape index (κ3) is 2.65. The van der Waals surface area contributed by atoms with Crippen LogP contribution in [0.3, 0.4) is 0 Å². The zero-order valence-corrected chi connectivity index (χ0v) is 13.9. The number of nitrogens with zero attached hydrogens (tertiary/aromatic N) is 2. The molecule has 0 radical (unpaired) electrons. The van der Waals surface area contributed by atoms with Gasteiger partial charge in [0, 0.05) is 55.8 Å². The quantitative estimate of drug-likeness (QED) is 0.843. The highest BCUT2D eigenvalue weighted by atomic mass is 16.1. The lowest BCUT2D eigenvalue weighted by Crippen LogP contribution is -2.21. The van der Waals surface area contributed by atoms with Crippen LogP contribution in [0.25, 0.3) is 10.9 Å². The molecular weight excluding hydrogens is 272 g/mol. The number of anilines is 1. The highest BCUT2D eigenvalue weighted by Gasteiger charge is 2.23. The Bertz CT molecular complexity index is 672. The SMILES string of the molecule is CCN(CC)c1ccc2c(c1)c(C1CCC(=O)CC1)cn2C. The van der Waals surface area contributed by atoms with Gasteiger partial charge in [0.15, 0.2) is 0 Å². The van der Waals surface area contributed by atoms with Crippen molar-refractivity contribution in [2.24, 2.45) is 7.05 Å². The number of aromatic nitrogens is 1. The van der Waals surface area contributed by atoms with E-state index < -0.39 is 0 Å². The molecule has 1 fully saturated rings. The maximum Gasteiger partial charge on any atom is 0.132 e. The van der Waals surface area contributed by atoms with E-state index in [1.807, 2.05) is 0 Å². The number of benzene rings is 1. The van der Waals surface area contributed by atoms with Crippen LogP contribution in [0, 0.1) is 0 Å². The Morgan fingerprint density at radius 2 is 1.86 bits per heavy atom. The minimum absolute atomic E-state index is 0.431. The van der Waals surface area contributed by atoms with E-state index in [2.05, 4.69) is 54.8 Å². The van der Waals surface area contributed by atoms with Gasteiger partial charge in [-0.15, -0.1) is 0 Å². The Balaban J connectivity index is 2.02. The Labute approximate surface area is 132 Å². The molecule has 0 saturated heterocycles. The number of ketones is 1. The number of rotatable bonds is 4. The molecule has 2 aromatic rings. The molecule has 1 aromatic carbocycles. The summed E-state index contributed by atoms with van der Waals surface area (Å²) in [6.07, 6.45) is 5.78. The Kier molecular flexibility index (Phi) is 4.23. The normalized spacial score (nSPS) is 16.4. The highest BCUT2D eigenvalue weighted by molar-refractivity contribution is 5.88. The van der Waals surface area contributed by atoms with Crippen molar-refractivity contribution in [2.75, 3.05) is 18.0 Å². The maximum atomic E-state index is 11.5. The number of aryl methyl sites for hydroxylation is 1. The monoisotopic (exact) mass is 298 g/mol. The average molecular weight is 298 g/mol. The fraction of sp³-hybridized carbons (Fsp3) is 0.526. The summed E-state index contributed by atoms with van der Waals surface area (Å²) < 4.78 is 2.23. The number of hydrogen-bond acceptors (Lipinski definition) is 2.